The number of hydrogen-bond donors (Lipinski definition) is 1. The molecule has 0 bridgehead atoms. The van der Waals surface area contributed by atoms with Gasteiger partial charge in [-0.2, -0.15) is 0 Å². The zero-order chi connectivity index (χ0) is 22.4. The number of thioether (sulfide) groups is 1. The Kier molecular flexibility index (Phi) is 7.67. The van der Waals surface area contributed by atoms with Crippen LogP contribution in [0.5, 0.6) is 11.5 Å². The molecule has 0 aromatic heterocycles. The minimum absolute atomic E-state index is 0.142. The van der Waals surface area contributed by atoms with E-state index in [0.29, 0.717) is 33.9 Å². The van der Waals surface area contributed by atoms with Gasteiger partial charge < -0.3 is 19.3 Å². The topological polar surface area (TPSA) is 85.3 Å². The van der Waals surface area contributed by atoms with Gasteiger partial charge in [-0.1, -0.05) is 42.2 Å². The third-order valence-electron chi connectivity index (χ3n) is 4.47. The molecule has 0 aliphatic carbocycles. The van der Waals surface area contributed by atoms with Crippen molar-refractivity contribution in [3.05, 3.63) is 64.1 Å². The molecule has 1 aliphatic rings. The van der Waals surface area contributed by atoms with Crippen LogP contribution in [-0.4, -0.2) is 53.6 Å². The number of amides is 1. The minimum Gasteiger partial charge on any atom is -0.493 e. The van der Waals surface area contributed by atoms with Gasteiger partial charge in [-0.25, -0.2) is 4.79 Å². The van der Waals surface area contributed by atoms with Crippen molar-refractivity contribution in [2.24, 2.45) is 0 Å². The van der Waals surface area contributed by atoms with Crippen molar-refractivity contribution in [2.75, 3.05) is 27.4 Å². The molecule has 7 nitrogen and oxygen atoms in total. The standard InChI is InChI=1S/C22H21NO6S2/c1-27-10-9-23-20(24)19(31-22(23)30)12-15-5-8-17(18(11-15)28-2)29-13-14-3-6-16(7-4-14)21(25)26/h3-8,11-12H,9-10,13H2,1-2H3,(H,25,26)/b19-12+. The fourth-order valence-electron chi connectivity index (χ4n) is 2.82. The molecule has 0 radical (unpaired) electrons. The predicted octanol–water partition coefficient (Wildman–Crippen LogP) is 3.82. The summed E-state index contributed by atoms with van der Waals surface area (Å²) in [6.07, 6.45) is 1.77. The smallest absolute Gasteiger partial charge is 0.335 e. The first-order chi connectivity index (χ1) is 14.9. The molecule has 0 saturated carbocycles. The summed E-state index contributed by atoms with van der Waals surface area (Å²) in [5.74, 6) is -0.0585. The average molecular weight is 460 g/mol. The van der Waals surface area contributed by atoms with Crippen LogP contribution >= 0.6 is 24.0 Å². The lowest BCUT2D eigenvalue weighted by molar-refractivity contribution is -0.122. The van der Waals surface area contributed by atoms with Gasteiger partial charge in [0.05, 0.1) is 30.7 Å². The fourth-order valence-corrected chi connectivity index (χ4v) is 4.13. The third-order valence-corrected chi connectivity index (χ3v) is 5.85. The highest BCUT2D eigenvalue weighted by molar-refractivity contribution is 8.26. The van der Waals surface area contributed by atoms with E-state index in [1.807, 2.05) is 6.07 Å². The number of methoxy groups -OCH3 is 2. The van der Waals surface area contributed by atoms with Crippen molar-refractivity contribution in [1.29, 1.82) is 0 Å². The highest BCUT2D eigenvalue weighted by Gasteiger charge is 2.31. The fraction of sp³-hybridized carbons (Fsp3) is 0.227. The van der Waals surface area contributed by atoms with Gasteiger partial charge >= 0.3 is 5.97 Å². The van der Waals surface area contributed by atoms with Crippen LogP contribution in [0.1, 0.15) is 21.5 Å². The first kappa shape index (κ1) is 22.8. The Morgan fingerprint density at radius 2 is 1.90 bits per heavy atom. The van der Waals surface area contributed by atoms with E-state index in [1.165, 1.54) is 35.9 Å². The zero-order valence-corrected chi connectivity index (χ0v) is 18.6. The number of carbonyl (C=O) groups excluding carboxylic acids is 1. The van der Waals surface area contributed by atoms with Crippen LogP contribution in [-0.2, 0) is 16.1 Å². The van der Waals surface area contributed by atoms with Gasteiger partial charge in [0, 0.05) is 7.11 Å². The number of aromatic carboxylic acids is 1. The molecule has 1 saturated heterocycles. The number of carboxylic acids is 1. The molecule has 1 aliphatic heterocycles. The van der Waals surface area contributed by atoms with E-state index >= 15 is 0 Å². The quantitative estimate of drug-likeness (QED) is 0.448. The molecule has 9 heteroatoms. The van der Waals surface area contributed by atoms with Gasteiger partial charge in [-0.15, -0.1) is 0 Å². The number of carbonyl (C=O) groups is 2. The van der Waals surface area contributed by atoms with Crippen molar-refractivity contribution >= 4 is 46.3 Å². The summed E-state index contributed by atoms with van der Waals surface area (Å²) in [6.45, 7) is 1.09. The Morgan fingerprint density at radius 3 is 2.55 bits per heavy atom. The van der Waals surface area contributed by atoms with E-state index in [1.54, 1.807) is 37.5 Å². The number of benzene rings is 2. The maximum absolute atomic E-state index is 12.6. The lowest BCUT2D eigenvalue weighted by atomic mass is 10.1. The van der Waals surface area contributed by atoms with Crippen LogP contribution in [0.4, 0.5) is 0 Å². The van der Waals surface area contributed by atoms with E-state index in [4.69, 9.17) is 31.5 Å². The lowest BCUT2D eigenvalue weighted by Crippen LogP contribution is -2.31. The average Bonchev–Trinajstić information content (AvgIpc) is 3.03. The van der Waals surface area contributed by atoms with Gasteiger partial charge in [0.25, 0.3) is 5.91 Å². The number of nitrogens with zero attached hydrogens (tertiary/aromatic N) is 1. The number of rotatable bonds is 9. The summed E-state index contributed by atoms with van der Waals surface area (Å²) in [4.78, 5) is 25.6. The third kappa shape index (κ3) is 5.63. The highest BCUT2D eigenvalue weighted by atomic mass is 32.2. The summed E-state index contributed by atoms with van der Waals surface area (Å²) < 4.78 is 16.8. The summed E-state index contributed by atoms with van der Waals surface area (Å²) in [6, 6.07) is 11.8. The first-order valence-corrected chi connectivity index (χ1v) is 10.5. The maximum atomic E-state index is 12.6. The second-order valence-electron chi connectivity index (χ2n) is 6.53. The first-order valence-electron chi connectivity index (χ1n) is 9.30. The molecule has 1 fully saturated rings. The van der Waals surface area contributed by atoms with Crippen molar-refractivity contribution in [3.8, 4) is 11.5 Å². The molecular formula is C22H21NO6S2. The maximum Gasteiger partial charge on any atom is 0.335 e. The number of thiocarbonyl (C=S) groups is 1. The highest BCUT2D eigenvalue weighted by Crippen LogP contribution is 2.34. The lowest BCUT2D eigenvalue weighted by Gasteiger charge is -2.13. The van der Waals surface area contributed by atoms with Crippen molar-refractivity contribution < 1.29 is 28.9 Å². The van der Waals surface area contributed by atoms with Crippen molar-refractivity contribution in [3.63, 3.8) is 0 Å². The van der Waals surface area contributed by atoms with Gasteiger partial charge in [-0.3, -0.25) is 9.69 Å². The van der Waals surface area contributed by atoms with Gasteiger partial charge in [0.15, 0.2) is 11.5 Å². The Balaban J connectivity index is 1.71. The second-order valence-corrected chi connectivity index (χ2v) is 8.20. The molecule has 2 aromatic carbocycles. The number of hydrogen-bond acceptors (Lipinski definition) is 7. The molecule has 0 spiro atoms. The molecule has 1 amide bonds. The Labute approximate surface area is 189 Å². The minimum atomic E-state index is -0.972. The van der Waals surface area contributed by atoms with Crippen LogP contribution in [0.2, 0.25) is 0 Å². The van der Waals surface area contributed by atoms with Crippen molar-refractivity contribution in [1.82, 2.24) is 4.90 Å². The van der Waals surface area contributed by atoms with E-state index < -0.39 is 5.97 Å². The molecule has 1 N–H and O–H groups in total. The van der Waals surface area contributed by atoms with Gasteiger partial charge in [0.2, 0.25) is 0 Å². The van der Waals surface area contributed by atoms with Crippen LogP contribution in [0.25, 0.3) is 6.08 Å². The summed E-state index contributed by atoms with van der Waals surface area (Å²) in [5, 5.41) is 8.97. The normalized spacial score (nSPS) is 14.9. The predicted molar refractivity (Wildman–Crippen MR) is 122 cm³/mol. The second kappa shape index (κ2) is 10.4. The van der Waals surface area contributed by atoms with Crippen molar-refractivity contribution in [2.45, 2.75) is 6.61 Å². The summed E-state index contributed by atoms with van der Waals surface area (Å²) in [5.41, 5.74) is 1.83. The Bertz CT molecular complexity index is 1020. The summed E-state index contributed by atoms with van der Waals surface area (Å²) >= 11 is 6.55. The molecular weight excluding hydrogens is 438 g/mol. The molecule has 2 aromatic rings. The Morgan fingerprint density at radius 1 is 1.16 bits per heavy atom. The largest absolute Gasteiger partial charge is 0.493 e. The molecule has 162 valence electrons. The molecule has 0 atom stereocenters. The Hall–Kier alpha value is -2.88. The van der Waals surface area contributed by atoms with E-state index in [9.17, 15) is 9.59 Å². The number of carboxylic acid groups (broad SMARTS) is 1. The molecule has 1 heterocycles. The molecule has 0 unspecified atom stereocenters. The van der Waals surface area contributed by atoms with E-state index in [2.05, 4.69) is 0 Å². The van der Waals surface area contributed by atoms with Crippen LogP contribution < -0.4 is 9.47 Å². The van der Waals surface area contributed by atoms with E-state index in [-0.39, 0.29) is 18.1 Å². The summed E-state index contributed by atoms with van der Waals surface area (Å²) in [7, 11) is 3.12. The molecule has 31 heavy (non-hydrogen) atoms. The van der Waals surface area contributed by atoms with Crippen LogP contribution in [0.3, 0.4) is 0 Å². The molecule has 3 rings (SSSR count). The van der Waals surface area contributed by atoms with E-state index in [0.717, 1.165) is 11.1 Å². The van der Waals surface area contributed by atoms with Gasteiger partial charge in [0.1, 0.15) is 10.9 Å². The monoisotopic (exact) mass is 459 g/mol. The van der Waals surface area contributed by atoms with Gasteiger partial charge in [-0.05, 0) is 41.5 Å². The zero-order valence-electron chi connectivity index (χ0n) is 17.0. The number of ether oxygens (including phenoxy) is 3. The van der Waals surface area contributed by atoms with Crippen LogP contribution in [0, 0.1) is 0 Å². The SMILES string of the molecule is COCCN1C(=O)/C(=C\c2ccc(OCc3ccc(C(=O)O)cc3)c(OC)c2)SC1=S. The van der Waals surface area contributed by atoms with Crippen LogP contribution in [0.15, 0.2) is 47.4 Å².